The normalized spacial score (nSPS) is 14.2. The largest absolute Gasteiger partial charge is 0.444 e. The number of carbonyl (C=O) groups is 1. The average molecular weight is 353 g/mol. The molecule has 24 heavy (non-hydrogen) atoms. The maximum atomic E-state index is 11.8. The van der Waals surface area contributed by atoms with E-state index in [1.165, 1.54) is 0 Å². The number of nitrogens with one attached hydrogen (secondary N) is 1. The van der Waals surface area contributed by atoms with Crippen molar-refractivity contribution in [1.29, 1.82) is 0 Å². The molecule has 0 aliphatic carbocycles. The highest BCUT2D eigenvalue weighted by molar-refractivity contribution is 6.72. The minimum atomic E-state index is -2.24. The van der Waals surface area contributed by atoms with Crippen LogP contribution in [0.2, 0.25) is 18.1 Å². The molecule has 1 amide bonds. The van der Waals surface area contributed by atoms with Crippen molar-refractivity contribution in [1.82, 2.24) is 4.98 Å². The minimum absolute atomic E-state index is 0.0957. The van der Waals surface area contributed by atoms with Crippen LogP contribution in [0.5, 0.6) is 0 Å². The van der Waals surface area contributed by atoms with Crippen LogP contribution < -0.4 is 5.32 Å². The second-order valence-corrected chi connectivity index (χ2v) is 13.1. The summed E-state index contributed by atoms with van der Waals surface area (Å²) in [5, 5.41) is 2.58. The van der Waals surface area contributed by atoms with Gasteiger partial charge in [-0.1, -0.05) is 20.8 Å². The Labute approximate surface area is 147 Å². The molecule has 1 aromatic heterocycles. The van der Waals surface area contributed by atoms with E-state index in [1.807, 2.05) is 46.0 Å². The Morgan fingerprint density at radius 3 is 2.29 bits per heavy atom. The zero-order valence-electron chi connectivity index (χ0n) is 16.2. The third-order valence-electron chi connectivity index (χ3n) is 4.41. The van der Waals surface area contributed by atoms with Gasteiger partial charge in [-0.05, 0) is 63.4 Å². The highest BCUT2D eigenvalue weighted by atomic mass is 28.4. The van der Waals surface area contributed by atoms with E-state index >= 15 is 0 Å². The van der Waals surface area contributed by atoms with Crippen LogP contribution in [-0.4, -0.2) is 29.8 Å². The molecule has 0 bridgehead atoms. The summed E-state index contributed by atoms with van der Waals surface area (Å²) in [4.78, 5) is 26.7. The molecule has 0 saturated carbocycles. The molecule has 0 radical (unpaired) electrons. The van der Waals surface area contributed by atoms with Crippen LogP contribution in [0.15, 0.2) is 18.3 Å². The summed E-state index contributed by atoms with van der Waals surface area (Å²) < 4.78 is 5.22. The maximum Gasteiger partial charge on any atom is 0.412 e. The van der Waals surface area contributed by atoms with E-state index < -0.39 is 20.0 Å². The topological polar surface area (TPSA) is 71.5 Å². The molecule has 1 aromatic rings. The number of amides is 1. The molecule has 0 aliphatic heterocycles. The molecule has 0 aliphatic rings. The van der Waals surface area contributed by atoms with Crippen LogP contribution in [0.25, 0.3) is 0 Å². The average Bonchev–Trinajstić information content (AvgIpc) is 2.35. The third-order valence-corrected chi connectivity index (χ3v) is 7.93. The lowest BCUT2D eigenvalue weighted by atomic mass is 9.94. The smallest absolute Gasteiger partial charge is 0.412 e. The van der Waals surface area contributed by atoms with Crippen LogP contribution >= 0.6 is 0 Å². The molecule has 5 nitrogen and oxygen atoms in total. The van der Waals surface area contributed by atoms with Crippen LogP contribution in [0.1, 0.15) is 59.6 Å². The van der Waals surface area contributed by atoms with Crippen molar-refractivity contribution in [3.8, 4) is 0 Å². The van der Waals surface area contributed by atoms with E-state index in [0.717, 1.165) is 12.1 Å². The molecule has 1 rings (SSSR count). The number of ether oxygens (including phenoxy) is 1. The van der Waals surface area contributed by atoms with E-state index in [9.17, 15) is 9.59 Å². The number of carbonyl (C=O) groups excluding carboxylic acids is 1. The number of aromatic nitrogens is 1. The van der Waals surface area contributed by atoms with Crippen molar-refractivity contribution < 1.29 is 14.3 Å². The van der Waals surface area contributed by atoms with Gasteiger partial charge in [0.25, 0.3) is 0 Å². The molecule has 0 aromatic carbocycles. The first-order valence-electron chi connectivity index (χ1n) is 8.39. The Balaban J connectivity index is 2.72. The van der Waals surface area contributed by atoms with E-state index in [-0.39, 0.29) is 11.0 Å². The second kappa shape index (κ2) is 7.23. The van der Waals surface area contributed by atoms with Crippen LogP contribution in [-0.2, 0) is 4.74 Å². The van der Waals surface area contributed by atoms with Crippen molar-refractivity contribution >= 4 is 20.1 Å². The van der Waals surface area contributed by atoms with Crippen LogP contribution in [0, 0.1) is 0 Å². The standard InChI is InChI=1S/C18H32N2O3Si/c1-13(11-18(5,6)24(7,8)22)15-10-9-14(12-19-15)20-16(21)23-17(2,3)4/h9-10,12-13,22H,11H2,1-8H3,(H,20,21). The Bertz CT molecular complexity index is 557. The van der Waals surface area contributed by atoms with Crippen molar-refractivity contribution in [2.75, 3.05) is 5.32 Å². The van der Waals surface area contributed by atoms with Gasteiger partial charge in [0.15, 0.2) is 8.32 Å². The molecule has 1 atom stereocenters. The molecule has 1 unspecified atom stereocenters. The van der Waals surface area contributed by atoms with Gasteiger partial charge in [0.05, 0.1) is 11.9 Å². The second-order valence-electron chi connectivity index (χ2n) is 8.65. The number of anilines is 1. The van der Waals surface area contributed by atoms with E-state index in [0.29, 0.717) is 5.69 Å². The number of hydrogen-bond acceptors (Lipinski definition) is 4. The van der Waals surface area contributed by atoms with Gasteiger partial charge in [-0.25, -0.2) is 4.79 Å². The van der Waals surface area contributed by atoms with Gasteiger partial charge in [0, 0.05) is 5.69 Å². The van der Waals surface area contributed by atoms with Gasteiger partial charge < -0.3 is 9.53 Å². The zero-order chi connectivity index (χ0) is 18.8. The Kier molecular flexibility index (Phi) is 6.22. The zero-order valence-corrected chi connectivity index (χ0v) is 17.2. The Hall–Kier alpha value is -1.40. The van der Waals surface area contributed by atoms with E-state index in [1.54, 1.807) is 6.20 Å². The third kappa shape index (κ3) is 6.24. The summed E-state index contributed by atoms with van der Waals surface area (Å²) in [6.07, 6.45) is 2.03. The lowest BCUT2D eigenvalue weighted by molar-refractivity contribution is 0.0636. The molecule has 0 saturated heterocycles. The number of hydrogen-bond donors (Lipinski definition) is 2. The summed E-state index contributed by atoms with van der Waals surface area (Å²) in [5.74, 6) is 0.231. The molecule has 136 valence electrons. The lowest BCUT2D eigenvalue weighted by Crippen LogP contribution is -2.39. The van der Waals surface area contributed by atoms with Gasteiger partial charge in [-0.3, -0.25) is 10.3 Å². The first-order chi connectivity index (χ1) is 10.7. The van der Waals surface area contributed by atoms with Crippen molar-refractivity contribution in [2.24, 2.45) is 0 Å². The van der Waals surface area contributed by atoms with Gasteiger partial charge in [0.1, 0.15) is 5.60 Å². The molecule has 0 spiro atoms. The fourth-order valence-corrected chi connectivity index (χ4v) is 3.12. The highest BCUT2D eigenvalue weighted by Gasteiger charge is 2.39. The summed E-state index contributed by atoms with van der Waals surface area (Å²) in [6.45, 7) is 15.8. The molecule has 1 heterocycles. The first kappa shape index (κ1) is 20.6. The summed E-state index contributed by atoms with van der Waals surface area (Å²) in [7, 11) is -2.24. The highest BCUT2D eigenvalue weighted by Crippen LogP contribution is 2.43. The number of nitrogens with zero attached hydrogens (tertiary/aromatic N) is 1. The Morgan fingerprint density at radius 2 is 1.88 bits per heavy atom. The maximum absolute atomic E-state index is 11.8. The quantitative estimate of drug-likeness (QED) is 0.739. The van der Waals surface area contributed by atoms with E-state index in [4.69, 9.17) is 4.74 Å². The molecule has 2 N–H and O–H groups in total. The van der Waals surface area contributed by atoms with Crippen molar-refractivity contribution in [2.45, 2.75) is 77.6 Å². The van der Waals surface area contributed by atoms with Crippen LogP contribution in [0.4, 0.5) is 10.5 Å². The fourth-order valence-electron chi connectivity index (χ4n) is 2.31. The van der Waals surface area contributed by atoms with Crippen molar-refractivity contribution in [3.63, 3.8) is 0 Å². The molecule has 6 heteroatoms. The summed E-state index contributed by atoms with van der Waals surface area (Å²) in [6, 6.07) is 3.75. The van der Waals surface area contributed by atoms with Gasteiger partial charge in [-0.2, -0.15) is 0 Å². The first-order valence-corrected chi connectivity index (χ1v) is 11.3. The van der Waals surface area contributed by atoms with Gasteiger partial charge in [-0.15, -0.1) is 0 Å². The predicted octanol–water partition coefficient (Wildman–Crippen LogP) is 4.90. The molecular weight excluding hydrogens is 320 g/mol. The monoisotopic (exact) mass is 352 g/mol. The van der Waals surface area contributed by atoms with Gasteiger partial charge in [0.2, 0.25) is 0 Å². The number of rotatable bonds is 5. The Morgan fingerprint density at radius 1 is 1.29 bits per heavy atom. The fraction of sp³-hybridized carbons (Fsp3) is 0.667. The lowest BCUT2D eigenvalue weighted by Gasteiger charge is -2.37. The summed E-state index contributed by atoms with van der Waals surface area (Å²) >= 11 is 0. The van der Waals surface area contributed by atoms with E-state index in [2.05, 4.69) is 31.1 Å². The summed E-state index contributed by atoms with van der Waals surface area (Å²) in [5.41, 5.74) is 1.03. The van der Waals surface area contributed by atoms with Gasteiger partial charge >= 0.3 is 6.09 Å². The SMILES string of the molecule is CC(CC(C)(C)[Si](C)(C)O)c1ccc(NC(=O)OC(C)(C)C)cn1. The van der Waals surface area contributed by atoms with Crippen molar-refractivity contribution in [3.05, 3.63) is 24.0 Å². The molecule has 0 fully saturated rings. The number of pyridine rings is 1. The molecular formula is C18H32N2O3Si. The van der Waals surface area contributed by atoms with Crippen LogP contribution in [0.3, 0.4) is 0 Å². The predicted molar refractivity (Wildman–Crippen MR) is 101 cm³/mol. The minimum Gasteiger partial charge on any atom is -0.444 e.